The van der Waals surface area contributed by atoms with Gasteiger partial charge < -0.3 is 0 Å². The molecule has 0 rings (SSSR count). The molecule has 0 atom stereocenters. The highest BCUT2D eigenvalue weighted by Gasteiger charge is 1.86. The maximum absolute atomic E-state index is 9.78. The van der Waals surface area contributed by atoms with E-state index in [0.717, 1.165) is 6.26 Å². The molecule has 0 unspecified atom stereocenters. The summed E-state index contributed by atoms with van der Waals surface area (Å²) in [6.07, 6.45) is 1.00. The van der Waals surface area contributed by atoms with Gasteiger partial charge in [-0.3, -0.25) is 0 Å². The molecule has 0 fully saturated rings. The second-order valence-electron chi connectivity index (χ2n) is 0.824. The van der Waals surface area contributed by atoms with E-state index in [2.05, 4.69) is 16.2 Å². The lowest BCUT2D eigenvalue weighted by Crippen LogP contribution is -1.84. The average molecular weight is 127 g/mol. The predicted molar refractivity (Wildman–Crippen MR) is 27.4 cm³/mol. The van der Waals surface area contributed by atoms with Crippen LogP contribution in [0.5, 0.6) is 0 Å². The summed E-state index contributed by atoms with van der Waals surface area (Å²) in [7, 11) is -3.12. The van der Waals surface area contributed by atoms with Crippen LogP contribution in [0.4, 0.5) is 0 Å². The van der Waals surface area contributed by atoms with Gasteiger partial charge in [-0.05, 0) is 0 Å². The predicted octanol–water partition coefficient (Wildman–Crippen LogP) is -0.859. The zero-order valence-corrected chi connectivity index (χ0v) is 4.99. The minimum atomic E-state index is -3.12. The molecule has 0 saturated heterocycles. The third kappa shape index (κ3) is 4.10. The maximum Gasteiger partial charge on any atom is 0.255 e. The molecule has 0 N–H and O–H groups in total. The molecule has 38 valence electrons. The molecule has 0 aromatic rings. The highest BCUT2D eigenvalue weighted by atomic mass is 32.2. The van der Waals surface area contributed by atoms with E-state index < -0.39 is 10.0 Å². The van der Waals surface area contributed by atoms with Gasteiger partial charge in [-0.1, -0.05) is 0 Å². The van der Waals surface area contributed by atoms with Crippen LogP contribution in [0.25, 0.3) is 0 Å². The minimum Gasteiger partial charge on any atom is -0.204 e. The van der Waals surface area contributed by atoms with Crippen LogP contribution in [-0.4, -0.2) is 14.7 Å². The Balaban J connectivity index is 4.25. The molecule has 0 aliphatic rings. The third-order valence-corrected chi connectivity index (χ3v) is 1.49. The fourth-order valence-corrected chi connectivity index (χ4v) is 0. The molecule has 0 radical (unpaired) electrons. The molecule has 6 heavy (non-hydrogen) atoms. The highest BCUT2D eigenvalue weighted by molar-refractivity contribution is 7.92. The summed E-state index contributed by atoms with van der Waals surface area (Å²) in [4.78, 5) is 0. The van der Waals surface area contributed by atoms with Crippen molar-refractivity contribution in [3.63, 3.8) is 0 Å². The molecule has 0 amide bonds. The zero-order chi connectivity index (χ0) is 5.21. The SMILES string of the molecule is CS(=O)(=O)N=[SH2]. The van der Waals surface area contributed by atoms with Crippen molar-refractivity contribution in [2.24, 2.45) is 3.77 Å². The van der Waals surface area contributed by atoms with Crippen LogP contribution in [0.15, 0.2) is 3.77 Å². The third-order valence-electron chi connectivity index (χ3n) is 0.166. The van der Waals surface area contributed by atoms with E-state index in [1.165, 1.54) is 0 Å². The molecule has 0 saturated carbocycles. The van der Waals surface area contributed by atoms with E-state index in [9.17, 15) is 8.42 Å². The van der Waals surface area contributed by atoms with Crippen molar-refractivity contribution < 1.29 is 8.42 Å². The van der Waals surface area contributed by atoms with Crippen LogP contribution in [0.3, 0.4) is 0 Å². The molecular formula is CH5NO2S2. The van der Waals surface area contributed by atoms with Gasteiger partial charge in [0.15, 0.2) is 0 Å². The molecule has 5 heteroatoms. The number of nitrogens with zero attached hydrogens (tertiary/aromatic N) is 1. The first-order valence-corrected chi connectivity index (χ1v) is 3.44. The van der Waals surface area contributed by atoms with E-state index in [0.29, 0.717) is 0 Å². The second-order valence-corrected chi connectivity index (χ2v) is 3.02. The molecule has 0 spiro atoms. The first-order chi connectivity index (χ1) is 2.56. The van der Waals surface area contributed by atoms with Gasteiger partial charge in [0, 0.05) is 0 Å². The lowest BCUT2D eigenvalue weighted by atomic mass is 12.0. The largest absolute Gasteiger partial charge is 0.255 e. The van der Waals surface area contributed by atoms with Crippen LogP contribution in [0.2, 0.25) is 0 Å². The molecule has 0 aromatic carbocycles. The molecule has 0 bridgehead atoms. The lowest BCUT2D eigenvalue weighted by molar-refractivity contribution is 0.604. The number of sulfonamides is 1. The molecule has 0 aromatic heterocycles. The van der Waals surface area contributed by atoms with Crippen molar-refractivity contribution in [2.75, 3.05) is 6.26 Å². The number of hydrogen-bond donors (Lipinski definition) is 0. The lowest BCUT2D eigenvalue weighted by Gasteiger charge is -1.73. The van der Waals surface area contributed by atoms with Gasteiger partial charge in [0.05, 0.1) is 6.26 Å². The highest BCUT2D eigenvalue weighted by Crippen LogP contribution is 1.76. The molecular weight excluding hydrogens is 122 g/mol. The van der Waals surface area contributed by atoms with E-state index in [-0.39, 0.29) is 0 Å². The fraction of sp³-hybridized carbons (Fsp3) is 1.00. The van der Waals surface area contributed by atoms with Crippen molar-refractivity contribution in [2.45, 2.75) is 0 Å². The fourth-order valence-electron chi connectivity index (χ4n) is 0. The molecule has 0 aliphatic carbocycles. The summed E-state index contributed by atoms with van der Waals surface area (Å²) in [5, 5.41) is 0. The number of hydrogen-bond acceptors (Lipinski definition) is 2. The van der Waals surface area contributed by atoms with Gasteiger partial charge in [0.1, 0.15) is 0 Å². The summed E-state index contributed by atoms with van der Waals surface area (Å²) < 4.78 is 22.4. The van der Waals surface area contributed by atoms with Crippen LogP contribution in [0, 0.1) is 0 Å². The smallest absolute Gasteiger partial charge is 0.204 e. The Morgan fingerprint density at radius 1 is 1.67 bits per heavy atom. The van der Waals surface area contributed by atoms with Crippen LogP contribution < -0.4 is 0 Å². The van der Waals surface area contributed by atoms with Gasteiger partial charge in [0.25, 0.3) is 10.0 Å². The topological polar surface area (TPSA) is 46.5 Å². The molecule has 0 heterocycles. The van der Waals surface area contributed by atoms with Crippen molar-refractivity contribution in [1.29, 1.82) is 0 Å². The Bertz CT molecular complexity index is 122. The van der Waals surface area contributed by atoms with Crippen LogP contribution >= 0.6 is 0 Å². The summed E-state index contributed by atoms with van der Waals surface area (Å²) in [5.41, 5.74) is 0. The first kappa shape index (κ1) is 6.10. The molecule has 3 nitrogen and oxygen atoms in total. The van der Waals surface area contributed by atoms with E-state index in [1.54, 1.807) is 0 Å². The van der Waals surface area contributed by atoms with Crippen molar-refractivity contribution in [3.8, 4) is 0 Å². The van der Waals surface area contributed by atoms with Gasteiger partial charge >= 0.3 is 0 Å². The average Bonchev–Trinajstić information content (AvgIpc) is 1.35. The second kappa shape index (κ2) is 1.70. The zero-order valence-electron chi connectivity index (χ0n) is 3.17. The van der Waals surface area contributed by atoms with E-state index in [4.69, 9.17) is 0 Å². The Hall–Kier alpha value is 0.1000. The minimum absolute atomic E-state index is 1.00. The van der Waals surface area contributed by atoms with Gasteiger partial charge in [0.2, 0.25) is 0 Å². The van der Waals surface area contributed by atoms with Gasteiger partial charge in [-0.25, -0.2) is 8.42 Å². The summed E-state index contributed by atoms with van der Waals surface area (Å²) >= 11 is 2.45. The maximum atomic E-state index is 9.78. The quantitative estimate of drug-likeness (QED) is 0.460. The summed E-state index contributed by atoms with van der Waals surface area (Å²) in [5.74, 6) is 0. The van der Waals surface area contributed by atoms with Crippen LogP contribution in [-0.2, 0) is 22.4 Å². The normalized spacial score (nSPS) is 11.0. The van der Waals surface area contributed by atoms with Crippen LogP contribution in [0.1, 0.15) is 0 Å². The Kier molecular flexibility index (Phi) is 1.73. The Morgan fingerprint density at radius 2 is 1.83 bits per heavy atom. The van der Waals surface area contributed by atoms with Crippen molar-refractivity contribution >= 4 is 22.4 Å². The molecule has 0 aliphatic heterocycles. The van der Waals surface area contributed by atoms with Crippen molar-refractivity contribution in [1.82, 2.24) is 0 Å². The van der Waals surface area contributed by atoms with Gasteiger partial charge in [-0.2, -0.15) is 0 Å². The van der Waals surface area contributed by atoms with E-state index in [1.807, 2.05) is 0 Å². The number of rotatable bonds is 1. The monoisotopic (exact) mass is 127 g/mol. The summed E-state index contributed by atoms with van der Waals surface area (Å²) in [6, 6.07) is 0. The standard InChI is InChI=1S/CH5NO2S2/c1-6(3,4)2-5/h5H2,1H3. The Labute approximate surface area is 41.6 Å². The Morgan fingerprint density at radius 3 is 1.83 bits per heavy atom. The van der Waals surface area contributed by atoms with Crippen molar-refractivity contribution in [3.05, 3.63) is 0 Å². The van der Waals surface area contributed by atoms with E-state index >= 15 is 0 Å². The summed E-state index contributed by atoms with van der Waals surface area (Å²) in [6.45, 7) is 0. The van der Waals surface area contributed by atoms with Gasteiger partial charge in [-0.15, -0.1) is 16.2 Å². The first-order valence-electron chi connectivity index (χ1n) is 1.15.